The molecule has 1 atom stereocenters. The number of ether oxygens (including phenoxy) is 1. The number of benzene rings is 1. The Labute approximate surface area is 113 Å². The highest BCUT2D eigenvalue weighted by atomic mass is 32.2. The highest BCUT2D eigenvalue weighted by Crippen LogP contribution is 2.27. The minimum Gasteiger partial charge on any atom is -0.399 e. The van der Waals surface area contributed by atoms with E-state index in [1.54, 1.807) is 12.1 Å². The van der Waals surface area contributed by atoms with E-state index in [0.717, 1.165) is 19.4 Å². The van der Waals surface area contributed by atoms with Crippen molar-refractivity contribution >= 4 is 21.4 Å². The van der Waals surface area contributed by atoms with E-state index >= 15 is 0 Å². The Kier molecular flexibility index (Phi) is 3.98. The number of anilines is 2. The number of primary sulfonamides is 1. The Morgan fingerprint density at radius 3 is 2.79 bits per heavy atom. The van der Waals surface area contributed by atoms with Crippen LogP contribution in [0.15, 0.2) is 23.1 Å². The fraction of sp³-hybridized carbons (Fsp3) is 0.500. The second kappa shape index (κ2) is 5.36. The smallest absolute Gasteiger partial charge is 0.240 e. The summed E-state index contributed by atoms with van der Waals surface area (Å²) in [5.74, 6) is 0. The quantitative estimate of drug-likeness (QED) is 0.786. The van der Waals surface area contributed by atoms with Crippen LogP contribution in [0.2, 0.25) is 0 Å². The second-order valence-electron chi connectivity index (χ2n) is 4.79. The maximum absolute atomic E-state index is 11.6. The molecule has 7 heteroatoms. The first-order chi connectivity index (χ1) is 8.88. The Bertz CT molecular complexity index is 553. The van der Waals surface area contributed by atoms with E-state index in [2.05, 4.69) is 0 Å². The van der Waals surface area contributed by atoms with E-state index < -0.39 is 10.0 Å². The molecule has 0 saturated carbocycles. The summed E-state index contributed by atoms with van der Waals surface area (Å²) in [6.45, 7) is 1.40. The molecule has 1 aromatic carbocycles. The molecule has 0 amide bonds. The lowest BCUT2D eigenvalue weighted by Gasteiger charge is -2.24. The van der Waals surface area contributed by atoms with Crippen molar-refractivity contribution in [2.75, 3.05) is 30.8 Å². The monoisotopic (exact) mass is 285 g/mol. The molecule has 0 aliphatic carbocycles. The summed E-state index contributed by atoms with van der Waals surface area (Å²) in [5.41, 5.74) is 6.55. The van der Waals surface area contributed by atoms with E-state index in [-0.39, 0.29) is 11.0 Å². The van der Waals surface area contributed by atoms with Crippen molar-refractivity contribution in [1.82, 2.24) is 0 Å². The molecule has 0 spiro atoms. The zero-order chi connectivity index (χ0) is 14.0. The summed E-state index contributed by atoms with van der Waals surface area (Å²) in [7, 11) is -1.98. The lowest BCUT2D eigenvalue weighted by molar-refractivity contribution is 0.116. The standard InChI is InChI=1S/C12H19N3O3S/c1-15(8-10-3-2-6-18-10)11-5-4-9(13)7-12(11)19(14,16)17/h4-5,7,10H,2-3,6,8,13H2,1H3,(H2,14,16,17). The van der Waals surface area contributed by atoms with Gasteiger partial charge in [0.15, 0.2) is 0 Å². The maximum atomic E-state index is 11.6. The Hall–Kier alpha value is -1.31. The SMILES string of the molecule is CN(CC1CCCO1)c1ccc(N)cc1S(N)(=O)=O. The highest BCUT2D eigenvalue weighted by Gasteiger charge is 2.21. The molecule has 2 rings (SSSR count). The number of hydrogen-bond donors (Lipinski definition) is 2. The van der Waals surface area contributed by atoms with Gasteiger partial charge >= 0.3 is 0 Å². The van der Waals surface area contributed by atoms with Crippen molar-refractivity contribution in [2.45, 2.75) is 23.8 Å². The van der Waals surface area contributed by atoms with Crippen LogP contribution < -0.4 is 15.8 Å². The normalized spacial score (nSPS) is 19.6. The Morgan fingerprint density at radius 2 is 2.21 bits per heavy atom. The average Bonchev–Trinajstić information content (AvgIpc) is 2.80. The third-order valence-electron chi connectivity index (χ3n) is 3.20. The molecule has 19 heavy (non-hydrogen) atoms. The van der Waals surface area contributed by atoms with Crippen LogP contribution in [-0.2, 0) is 14.8 Å². The van der Waals surface area contributed by atoms with Gasteiger partial charge in [-0.15, -0.1) is 0 Å². The first kappa shape index (κ1) is 14.1. The molecule has 1 fully saturated rings. The first-order valence-electron chi connectivity index (χ1n) is 6.13. The number of hydrogen-bond acceptors (Lipinski definition) is 5. The van der Waals surface area contributed by atoms with E-state index in [1.807, 2.05) is 11.9 Å². The van der Waals surface area contributed by atoms with Crippen molar-refractivity contribution < 1.29 is 13.2 Å². The van der Waals surface area contributed by atoms with Crippen LogP contribution in [0, 0.1) is 0 Å². The summed E-state index contributed by atoms with van der Waals surface area (Å²) in [6.07, 6.45) is 2.17. The van der Waals surface area contributed by atoms with Crippen LogP contribution in [0.5, 0.6) is 0 Å². The van der Waals surface area contributed by atoms with Crippen molar-refractivity contribution in [3.8, 4) is 0 Å². The fourth-order valence-corrected chi connectivity index (χ4v) is 3.08. The molecule has 1 heterocycles. The molecule has 0 aromatic heterocycles. The summed E-state index contributed by atoms with van der Waals surface area (Å²) >= 11 is 0. The number of sulfonamides is 1. The third-order valence-corrected chi connectivity index (χ3v) is 4.14. The van der Waals surface area contributed by atoms with Gasteiger partial charge in [0.1, 0.15) is 4.90 Å². The summed E-state index contributed by atoms with van der Waals surface area (Å²) in [5, 5.41) is 5.23. The zero-order valence-electron chi connectivity index (χ0n) is 10.9. The predicted octanol–water partition coefficient (Wildman–Crippen LogP) is 0.531. The zero-order valence-corrected chi connectivity index (χ0v) is 11.7. The highest BCUT2D eigenvalue weighted by molar-refractivity contribution is 7.89. The number of nitrogen functional groups attached to an aromatic ring is 1. The van der Waals surface area contributed by atoms with Crippen molar-refractivity contribution in [3.63, 3.8) is 0 Å². The van der Waals surface area contributed by atoms with Crippen LogP contribution in [0.3, 0.4) is 0 Å². The molecule has 1 aliphatic rings. The largest absolute Gasteiger partial charge is 0.399 e. The summed E-state index contributed by atoms with van der Waals surface area (Å²) in [4.78, 5) is 1.89. The molecule has 106 valence electrons. The summed E-state index contributed by atoms with van der Waals surface area (Å²) < 4.78 is 28.8. The molecule has 0 radical (unpaired) electrons. The van der Waals surface area contributed by atoms with Crippen LogP contribution >= 0.6 is 0 Å². The van der Waals surface area contributed by atoms with Crippen LogP contribution in [0.4, 0.5) is 11.4 Å². The number of likely N-dealkylation sites (N-methyl/N-ethyl adjacent to an activating group) is 1. The average molecular weight is 285 g/mol. The van der Waals surface area contributed by atoms with Gasteiger partial charge < -0.3 is 15.4 Å². The molecule has 1 unspecified atom stereocenters. The molecule has 0 bridgehead atoms. The van der Waals surface area contributed by atoms with E-state index in [9.17, 15) is 8.42 Å². The van der Waals surface area contributed by atoms with Gasteiger partial charge in [-0.05, 0) is 31.0 Å². The van der Waals surface area contributed by atoms with Gasteiger partial charge in [-0.3, -0.25) is 0 Å². The number of nitrogens with zero attached hydrogens (tertiary/aromatic N) is 1. The molecule has 1 aromatic rings. The topological polar surface area (TPSA) is 98.7 Å². The van der Waals surface area contributed by atoms with Gasteiger partial charge in [0, 0.05) is 25.9 Å². The van der Waals surface area contributed by atoms with Crippen LogP contribution in [-0.4, -0.2) is 34.7 Å². The first-order valence-corrected chi connectivity index (χ1v) is 7.67. The van der Waals surface area contributed by atoms with Crippen molar-refractivity contribution in [3.05, 3.63) is 18.2 Å². The minimum absolute atomic E-state index is 0.0491. The predicted molar refractivity (Wildman–Crippen MR) is 74.5 cm³/mol. The number of rotatable bonds is 4. The van der Waals surface area contributed by atoms with Crippen molar-refractivity contribution in [2.24, 2.45) is 5.14 Å². The lowest BCUT2D eigenvalue weighted by Crippen LogP contribution is -2.30. The minimum atomic E-state index is -3.80. The van der Waals surface area contributed by atoms with Crippen LogP contribution in [0.1, 0.15) is 12.8 Å². The fourth-order valence-electron chi connectivity index (χ4n) is 2.27. The van der Waals surface area contributed by atoms with E-state index in [4.69, 9.17) is 15.6 Å². The van der Waals surface area contributed by atoms with E-state index in [1.165, 1.54) is 6.07 Å². The second-order valence-corrected chi connectivity index (χ2v) is 6.32. The Morgan fingerprint density at radius 1 is 1.47 bits per heavy atom. The molecular formula is C12H19N3O3S. The van der Waals surface area contributed by atoms with Crippen LogP contribution in [0.25, 0.3) is 0 Å². The Balaban J connectivity index is 2.27. The van der Waals surface area contributed by atoms with Gasteiger partial charge in [-0.1, -0.05) is 0 Å². The van der Waals surface area contributed by atoms with Gasteiger partial charge in [0.05, 0.1) is 11.8 Å². The van der Waals surface area contributed by atoms with E-state index in [0.29, 0.717) is 17.9 Å². The van der Waals surface area contributed by atoms with Gasteiger partial charge in [-0.2, -0.15) is 0 Å². The van der Waals surface area contributed by atoms with Gasteiger partial charge in [-0.25, -0.2) is 13.6 Å². The molecule has 6 nitrogen and oxygen atoms in total. The summed E-state index contributed by atoms with van der Waals surface area (Å²) in [6, 6.07) is 4.72. The van der Waals surface area contributed by atoms with Crippen molar-refractivity contribution in [1.29, 1.82) is 0 Å². The molecule has 1 aliphatic heterocycles. The molecule has 1 saturated heterocycles. The van der Waals surface area contributed by atoms with Gasteiger partial charge in [0.25, 0.3) is 0 Å². The van der Waals surface area contributed by atoms with Gasteiger partial charge in [0.2, 0.25) is 10.0 Å². The molecular weight excluding hydrogens is 266 g/mol. The molecule has 4 N–H and O–H groups in total. The lowest BCUT2D eigenvalue weighted by atomic mass is 10.2. The third kappa shape index (κ3) is 3.37. The number of nitrogens with two attached hydrogens (primary N) is 2. The maximum Gasteiger partial charge on any atom is 0.240 e.